The van der Waals surface area contributed by atoms with Crippen LogP contribution in [0.2, 0.25) is 10.0 Å². The molecule has 0 saturated carbocycles. The van der Waals surface area contributed by atoms with Crippen LogP contribution in [0.1, 0.15) is 16.5 Å². The Morgan fingerprint density at radius 2 is 1.85 bits per heavy atom. The number of nitrogens with zero attached hydrogens (tertiary/aromatic N) is 1. The highest BCUT2D eigenvalue weighted by molar-refractivity contribution is 7.99. The smallest absolute Gasteiger partial charge is 0.308 e. The molecule has 3 nitrogen and oxygen atoms in total. The van der Waals surface area contributed by atoms with Crippen molar-refractivity contribution < 1.29 is 18.0 Å². The highest BCUT2D eigenvalue weighted by atomic mass is 35.5. The zero-order valence-electron chi connectivity index (χ0n) is 13.2. The van der Waals surface area contributed by atoms with Gasteiger partial charge in [0.2, 0.25) is 0 Å². The fourth-order valence-corrected chi connectivity index (χ4v) is 4.28. The van der Waals surface area contributed by atoms with E-state index >= 15 is 0 Å². The van der Waals surface area contributed by atoms with Crippen molar-refractivity contribution in [2.24, 2.45) is 0 Å². The van der Waals surface area contributed by atoms with Crippen LogP contribution in [0.15, 0.2) is 42.5 Å². The fraction of sp³-hybridized carbons (Fsp3) is 0.235. The Balaban J connectivity index is 1.76. The van der Waals surface area contributed by atoms with Crippen molar-refractivity contribution in [2.45, 2.75) is 11.6 Å². The van der Waals surface area contributed by atoms with Gasteiger partial charge in [0.25, 0.3) is 0 Å². The van der Waals surface area contributed by atoms with E-state index in [1.165, 1.54) is 30.0 Å². The number of urea groups is 1. The molecule has 1 heterocycles. The summed E-state index contributed by atoms with van der Waals surface area (Å²) in [6, 6.07) is 9.21. The van der Waals surface area contributed by atoms with Gasteiger partial charge in [-0.15, -0.1) is 11.8 Å². The topological polar surface area (TPSA) is 32.3 Å². The van der Waals surface area contributed by atoms with Crippen LogP contribution in [0, 0.1) is 0 Å². The molecule has 1 aliphatic rings. The van der Waals surface area contributed by atoms with Crippen molar-refractivity contribution >= 4 is 46.7 Å². The van der Waals surface area contributed by atoms with Gasteiger partial charge in [-0.2, -0.15) is 13.2 Å². The molecule has 2 aromatic carbocycles. The number of benzene rings is 2. The maximum atomic E-state index is 12.7. The minimum atomic E-state index is -4.39. The summed E-state index contributed by atoms with van der Waals surface area (Å²) in [5, 5.41) is 3.12. The minimum Gasteiger partial charge on any atom is -0.308 e. The molecule has 26 heavy (non-hydrogen) atoms. The number of amides is 2. The lowest BCUT2D eigenvalue weighted by Crippen LogP contribution is -2.34. The molecule has 0 aromatic heterocycles. The third kappa shape index (κ3) is 4.22. The Labute approximate surface area is 162 Å². The van der Waals surface area contributed by atoms with Gasteiger partial charge in [0, 0.05) is 17.3 Å². The summed E-state index contributed by atoms with van der Waals surface area (Å²) in [6.07, 6.45) is -4.39. The summed E-state index contributed by atoms with van der Waals surface area (Å²) in [7, 11) is 0. The molecule has 138 valence electrons. The van der Waals surface area contributed by atoms with Gasteiger partial charge in [0.15, 0.2) is 0 Å². The predicted molar refractivity (Wildman–Crippen MR) is 98.8 cm³/mol. The van der Waals surface area contributed by atoms with Crippen LogP contribution in [0.4, 0.5) is 23.7 Å². The molecule has 2 amide bonds. The lowest BCUT2D eigenvalue weighted by atomic mass is 10.1. The molecule has 1 fully saturated rings. The quantitative estimate of drug-likeness (QED) is 0.618. The number of hydrogen-bond acceptors (Lipinski definition) is 2. The number of alkyl halides is 3. The Morgan fingerprint density at radius 3 is 2.46 bits per heavy atom. The third-order valence-electron chi connectivity index (χ3n) is 3.85. The zero-order valence-corrected chi connectivity index (χ0v) is 15.5. The number of halogens is 5. The van der Waals surface area contributed by atoms with Crippen LogP contribution >= 0.6 is 35.0 Å². The summed E-state index contributed by atoms with van der Waals surface area (Å²) in [5.74, 6) is 0.688. The second-order valence-corrected chi connectivity index (χ2v) is 7.62. The van der Waals surface area contributed by atoms with Crippen LogP contribution in [0.3, 0.4) is 0 Å². The van der Waals surface area contributed by atoms with Crippen LogP contribution in [-0.2, 0) is 6.18 Å². The van der Waals surface area contributed by atoms with Gasteiger partial charge in [0.05, 0.1) is 16.3 Å². The Kier molecular flexibility index (Phi) is 5.60. The lowest BCUT2D eigenvalue weighted by molar-refractivity contribution is -0.137. The summed E-state index contributed by atoms with van der Waals surface area (Å²) in [4.78, 5) is 14.2. The molecule has 0 radical (unpaired) electrons. The van der Waals surface area contributed by atoms with Gasteiger partial charge in [-0.25, -0.2) is 4.79 Å². The Bertz CT molecular complexity index is 815. The van der Waals surface area contributed by atoms with Crippen LogP contribution in [0.5, 0.6) is 0 Å². The average molecular weight is 421 g/mol. The molecular formula is C17H13Cl2F3N2OS. The highest BCUT2D eigenvalue weighted by Gasteiger charge is 2.33. The third-order valence-corrected chi connectivity index (χ3v) is 5.66. The van der Waals surface area contributed by atoms with E-state index in [-0.39, 0.29) is 11.4 Å². The first kappa shape index (κ1) is 19.2. The van der Waals surface area contributed by atoms with E-state index in [4.69, 9.17) is 23.2 Å². The molecule has 3 rings (SSSR count). The molecule has 0 bridgehead atoms. The first-order valence-corrected chi connectivity index (χ1v) is 9.37. The van der Waals surface area contributed by atoms with Crippen molar-refractivity contribution in [3.63, 3.8) is 0 Å². The second kappa shape index (κ2) is 7.58. The number of hydrogen-bond donors (Lipinski definition) is 1. The van der Waals surface area contributed by atoms with Gasteiger partial charge in [-0.3, -0.25) is 0 Å². The zero-order chi connectivity index (χ0) is 18.9. The molecule has 1 N–H and O–H groups in total. The number of carbonyl (C=O) groups excluding carboxylic acids is 1. The van der Waals surface area contributed by atoms with Crippen LogP contribution in [-0.4, -0.2) is 23.2 Å². The SMILES string of the molecule is O=C(Nc1ccc(Cl)cc1Cl)N1CCSC1c1ccc(C(F)(F)F)cc1. The maximum Gasteiger partial charge on any atom is 0.416 e. The summed E-state index contributed by atoms with van der Waals surface area (Å²) >= 11 is 13.4. The van der Waals surface area contributed by atoms with Crippen molar-refractivity contribution in [2.75, 3.05) is 17.6 Å². The average Bonchev–Trinajstić information content (AvgIpc) is 3.06. The van der Waals surface area contributed by atoms with Gasteiger partial charge in [-0.05, 0) is 35.9 Å². The predicted octanol–water partition coefficient (Wildman–Crippen LogP) is 6.29. The molecular weight excluding hydrogens is 408 g/mol. The van der Waals surface area contributed by atoms with E-state index in [2.05, 4.69) is 5.32 Å². The summed E-state index contributed by atoms with van der Waals surface area (Å²) in [6.45, 7) is 0.480. The monoisotopic (exact) mass is 420 g/mol. The molecule has 1 aliphatic heterocycles. The van der Waals surface area contributed by atoms with Gasteiger partial charge in [0.1, 0.15) is 5.37 Å². The van der Waals surface area contributed by atoms with Crippen molar-refractivity contribution in [1.29, 1.82) is 0 Å². The van der Waals surface area contributed by atoms with Gasteiger partial charge in [-0.1, -0.05) is 35.3 Å². The van der Waals surface area contributed by atoms with E-state index in [0.29, 0.717) is 33.6 Å². The van der Waals surface area contributed by atoms with E-state index in [1.54, 1.807) is 17.0 Å². The molecule has 1 saturated heterocycles. The molecule has 0 spiro atoms. The first-order valence-electron chi connectivity index (χ1n) is 7.57. The van der Waals surface area contributed by atoms with E-state index in [0.717, 1.165) is 12.1 Å². The molecule has 2 aromatic rings. The number of anilines is 1. The van der Waals surface area contributed by atoms with E-state index in [1.807, 2.05) is 0 Å². The number of carbonyl (C=O) groups is 1. The van der Waals surface area contributed by atoms with Gasteiger partial charge >= 0.3 is 12.2 Å². The molecule has 1 unspecified atom stereocenters. The summed E-state index contributed by atoms with van der Waals surface area (Å²) in [5.41, 5.74) is 0.343. The minimum absolute atomic E-state index is 0.309. The van der Waals surface area contributed by atoms with E-state index < -0.39 is 11.7 Å². The fourth-order valence-electron chi connectivity index (χ4n) is 2.57. The van der Waals surface area contributed by atoms with Crippen molar-refractivity contribution in [3.05, 3.63) is 63.6 Å². The molecule has 0 aliphatic carbocycles. The highest BCUT2D eigenvalue weighted by Crippen LogP contribution is 2.39. The van der Waals surface area contributed by atoms with E-state index in [9.17, 15) is 18.0 Å². The second-order valence-electron chi connectivity index (χ2n) is 5.59. The number of nitrogens with one attached hydrogen (secondary N) is 1. The largest absolute Gasteiger partial charge is 0.416 e. The first-order chi connectivity index (χ1) is 12.3. The normalized spacial score (nSPS) is 17.4. The number of thioether (sulfide) groups is 1. The van der Waals surface area contributed by atoms with Crippen molar-refractivity contribution in [1.82, 2.24) is 4.90 Å². The van der Waals surface area contributed by atoms with Crippen LogP contribution < -0.4 is 5.32 Å². The standard InChI is InChI=1S/C17H13Cl2F3N2OS/c18-12-5-6-14(13(19)9-12)23-16(25)24-7-8-26-15(24)10-1-3-11(4-2-10)17(20,21)22/h1-6,9,15H,7-8H2,(H,23,25). The Morgan fingerprint density at radius 1 is 1.15 bits per heavy atom. The molecule has 9 heteroatoms. The van der Waals surface area contributed by atoms with Gasteiger partial charge < -0.3 is 10.2 Å². The number of rotatable bonds is 2. The maximum absolute atomic E-state index is 12.7. The Hall–Kier alpha value is -1.57. The molecule has 1 atom stereocenters. The van der Waals surface area contributed by atoms with Crippen LogP contribution in [0.25, 0.3) is 0 Å². The van der Waals surface area contributed by atoms with Crippen molar-refractivity contribution in [3.8, 4) is 0 Å². The summed E-state index contributed by atoms with van der Waals surface area (Å²) < 4.78 is 38.1. The lowest BCUT2D eigenvalue weighted by Gasteiger charge is -2.25.